The lowest BCUT2D eigenvalue weighted by Crippen LogP contribution is -2.69. The molecule has 438 valence electrons. The Morgan fingerprint density at radius 3 is 0.720 bits per heavy atom. The summed E-state index contributed by atoms with van der Waals surface area (Å²) in [6, 6.07) is 0. The van der Waals surface area contributed by atoms with E-state index in [1.54, 1.807) is 0 Å². The highest BCUT2D eigenvalue weighted by Crippen LogP contribution is 2.38. The zero-order chi connectivity index (χ0) is 54.6. The Labute approximate surface area is 428 Å². The molecule has 22 saturated heterocycles. The first-order valence-electron chi connectivity index (χ1n) is 24.8. The third-order valence-corrected chi connectivity index (χ3v) is 14.3. The average molecular weight is 1100 g/mol. The molecule has 75 heavy (non-hydrogen) atoms. The number of hydrogen-bond acceptors (Lipinski definition) is 33. The molecule has 12 bridgehead atoms. The van der Waals surface area contributed by atoms with E-state index >= 15 is 0 Å². The van der Waals surface area contributed by atoms with Gasteiger partial charge >= 0.3 is 0 Å². The van der Waals surface area contributed by atoms with Crippen LogP contribution in [-0.4, -0.2) is 355 Å². The van der Waals surface area contributed by atoms with Crippen molar-refractivity contribution in [2.24, 2.45) is 11.5 Å². The lowest BCUT2D eigenvalue weighted by Gasteiger charge is -2.50. The molecule has 0 aromatic carbocycles. The molecule has 0 spiro atoms. The Hall–Kier alpha value is -1.32. The van der Waals surface area contributed by atoms with Crippen LogP contribution in [0.2, 0.25) is 0 Å². The lowest BCUT2D eigenvalue weighted by atomic mass is 9.94. The van der Waals surface area contributed by atoms with Crippen molar-refractivity contribution in [2.75, 3.05) is 78.8 Å². The minimum atomic E-state index is -2.15. The Balaban J connectivity index is 1.20. The van der Waals surface area contributed by atoms with Crippen molar-refractivity contribution in [2.45, 2.75) is 184 Å². The SMILES string of the molecule is NCCN(CCN)CCNC[C@H]1O[C@@H]2O[C@H]3[C@H](O)[C@@H](O)[C@@H](O[C@H]4[C@H](O)[C@@H](O)[C@@H](O[C@H]5[C@H](O)[C@@H](O)[C@@H](O[C@H]6[C@H](O)[C@@H](O)[C@@H](O[C@H]7[C@H](O)[C@@H](O)[C@@H](O[C@H]1[C@H](O)[C@H]2O)O[C@@H]7CO)O[C@@H]6CO)O[C@@H]5CO)O[C@@H]4CO)O[C@@H]3CO. The number of nitrogens with zero attached hydrogens (tertiary/aromatic N) is 1. The second-order valence-corrected chi connectivity index (χ2v) is 19.3. The standard InChI is InChI=1S/C42H76N4O29/c43-1-4-46(5-2-44)6-3-45-7-13-31-19(52)25(58)37(64-13)71-32-14(8-47)66-39(27(60)21(32)54)73-34-16(10-49)68-41(29(62)23(34)56)75-36-18(12-51)69-42(30(63)24(36)57)74-35-17(11-50)67-40(28(61)22(35)55)72-33-15(9-48)65-38(70-31)26(59)20(33)53/h13-42,45,47-63H,1-12,43-44H2/t13-,14-,15-,16-,17-,18-,19-,20-,21-,22-,23-,24-,25-,26-,27-,28-,29-,30-,31-,32-,33-,34-,35-,36-,37-,38-,39-,40-,41-,42-/m1/s1. The van der Waals surface area contributed by atoms with Crippen LogP contribution >= 0.6 is 0 Å². The third-order valence-electron chi connectivity index (χ3n) is 14.3. The van der Waals surface area contributed by atoms with Gasteiger partial charge in [-0.05, 0) is 0 Å². The summed E-state index contributed by atoms with van der Waals surface area (Å²) in [6.07, 6.45) is -57.7. The Bertz CT molecular complexity index is 1700. The van der Waals surface area contributed by atoms with Crippen molar-refractivity contribution in [3.05, 3.63) is 0 Å². The maximum absolute atomic E-state index is 11.7. The Morgan fingerprint density at radius 1 is 0.293 bits per heavy atom. The Kier molecular flexibility index (Phi) is 22.4. The molecule has 22 rings (SSSR count). The van der Waals surface area contributed by atoms with Crippen LogP contribution in [0, 0.1) is 0 Å². The van der Waals surface area contributed by atoms with Crippen LogP contribution in [0.3, 0.4) is 0 Å². The third kappa shape index (κ3) is 13.2. The molecule has 0 aromatic heterocycles. The van der Waals surface area contributed by atoms with Gasteiger partial charge in [-0.3, -0.25) is 4.90 Å². The normalized spacial score (nSPS) is 50.2. The molecular formula is C42H76N4O29. The van der Waals surface area contributed by atoms with Gasteiger partial charge in [0, 0.05) is 45.8 Å². The topological polar surface area (TPSA) is 522 Å². The fourth-order valence-electron chi connectivity index (χ4n) is 10.1. The van der Waals surface area contributed by atoms with Crippen LogP contribution in [0.4, 0.5) is 0 Å². The van der Waals surface area contributed by atoms with Crippen LogP contribution in [0.5, 0.6) is 0 Å². The minimum Gasteiger partial charge on any atom is -0.394 e. The minimum absolute atomic E-state index is 0.222. The maximum Gasteiger partial charge on any atom is 0.187 e. The monoisotopic (exact) mass is 1100 g/mol. The second kappa shape index (κ2) is 27.4. The molecule has 22 aliphatic rings. The molecular weight excluding hydrogens is 1020 g/mol. The molecule has 0 aliphatic carbocycles. The molecule has 33 nitrogen and oxygen atoms in total. The van der Waals surface area contributed by atoms with E-state index in [4.69, 9.17) is 68.3 Å². The summed E-state index contributed by atoms with van der Waals surface area (Å²) in [5.74, 6) is 0. The van der Waals surface area contributed by atoms with Gasteiger partial charge < -0.3 is 160 Å². The number of nitrogens with one attached hydrogen (secondary N) is 1. The zero-order valence-electron chi connectivity index (χ0n) is 40.4. The van der Waals surface area contributed by atoms with Crippen molar-refractivity contribution in [1.82, 2.24) is 10.2 Å². The number of aliphatic hydroxyl groups excluding tert-OH is 17. The molecule has 0 saturated carbocycles. The van der Waals surface area contributed by atoms with Crippen molar-refractivity contribution in [3.8, 4) is 0 Å². The van der Waals surface area contributed by atoms with E-state index < -0.39 is 217 Å². The highest BCUT2D eigenvalue weighted by molar-refractivity contribution is 5.01. The van der Waals surface area contributed by atoms with Crippen LogP contribution < -0.4 is 16.8 Å². The van der Waals surface area contributed by atoms with E-state index in [9.17, 15) is 86.8 Å². The van der Waals surface area contributed by atoms with Crippen LogP contribution in [0.1, 0.15) is 0 Å². The zero-order valence-corrected chi connectivity index (χ0v) is 40.4. The van der Waals surface area contributed by atoms with E-state index in [-0.39, 0.29) is 13.1 Å². The smallest absolute Gasteiger partial charge is 0.187 e. The average Bonchev–Trinajstić information content (AvgIpc) is 3.40. The van der Waals surface area contributed by atoms with Gasteiger partial charge in [0.2, 0.25) is 0 Å². The predicted molar refractivity (Wildman–Crippen MR) is 236 cm³/mol. The molecule has 0 radical (unpaired) electrons. The first-order valence-corrected chi connectivity index (χ1v) is 24.8. The summed E-state index contributed by atoms with van der Waals surface area (Å²) in [5.41, 5.74) is 11.5. The van der Waals surface area contributed by atoms with E-state index in [0.29, 0.717) is 32.7 Å². The highest BCUT2D eigenvalue weighted by atomic mass is 16.8. The molecule has 0 amide bonds. The van der Waals surface area contributed by atoms with Gasteiger partial charge in [0.15, 0.2) is 37.7 Å². The van der Waals surface area contributed by atoms with Crippen molar-refractivity contribution in [1.29, 1.82) is 0 Å². The molecule has 33 heteroatoms. The quantitative estimate of drug-likeness (QED) is 0.0718. The summed E-state index contributed by atoms with van der Waals surface area (Å²) < 4.78 is 69.8. The van der Waals surface area contributed by atoms with E-state index in [1.165, 1.54) is 0 Å². The summed E-state index contributed by atoms with van der Waals surface area (Å²) >= 11 is 0. The number of nitrogens with two attached hydrogens (primary N) is 2. The largest absolute Gasteiger partial charge is 0.394 e. The van der Waals surface area contributed by atoms with Gasteiger partial charge in [-0.2, -0.15) is 0 Å². The molecule has 0 unspecified atom stereocenters. The van der Waals surface area contributed by atoms with E-state index in [2.05, 4.69) is 5.32 Å². The number of ether oxygens (including phenoxy) is 12. The van der Waals surface area contributed by atoms with E-state index in [1.807, 2.05) is 4.90 Å². The summed E-state index contributed by atoms with van der Waals surface area (Å²) in [6.45, 7) is -2.88. The molecule has 0 aromatic rings. The lowest BCUT2D eigenvalue weighted by molar-refractivity contribution is -0.403. The first kappa shape index (κ1) is 61.3. The number of hydrogen-bond donors (Lipinski definition) is 20. The first-order chi connectivity index (χ1) is 35.9. The van der Waals surface area contributed by atoms with Crippen molar-refractivity contribution < 1.29 is 144 Å². The Morgan fingerprint density at radius 2 is 0.507 bits per heavy atom. The summed E-state index contributed by atoms with van der Waals surface area (Å²) in [7, 11) is 0. The van der Waals surface area contributed by atoms with Crippen molar-refractivity contribution in [3.63, 3.8) is 0 Å². The summed E-state index contributed by atoms with van der Waals surface area (Å²) in [4.78, 5) is 1.95. The molecule has 22 heterocycles. The van der Waals surface area contributed by atoms with Gasteiger partial charge in [0.25, 0.3) is 0 Å². The van der Waals surface area contributed by atoms with Crippen molar-refractivity contribution >= 4 is 0 Å². The number of rotatable bonds is 14. The van der Waals surface area contributed by atoms with Gasteiger partial charge in [0.05, 0.1) is 33.0 Å². The summed E-state index contributed by atoms with van der Waals surface area (Å²) in [5, 5.41) is 192. The van der Waals surface area contributed by atoms with Crippen LogP contribution in [0.15, 0.2) is 0 Å². The van der Waals surface area contributed by atoms with Gasteiger partial charge in [-0.25, -0.2) is 0 Å². The predicted octanol–water partition coefficient (Wildman–Crippen LogP) is -14.2. The molecule has 22 fully saturated rings. The number of aliphatic hydroxyl groups is 17. The fourth-order valence-corrected chi connectivity index (χ4v) is 10.1. The van der Waals surface area contributed by atoms with E-state index in [0.717, 1.165) is 0 Å². The van der Waals surface area contributed by atoms with Gasteiger partial charge in [-0.1, -0.05) is 0 Å². The fraction of sp³-hybridized carbons (Fsp3) is 1.00. The molecule has 30 atom stereocenters. The second-order valence-electron chi connectivity index (χ2n) is 19.3. The van der Waals surface area contributed by atoms with Crippen LogP contribution in [0.25, 0.3) is 0 Å². The maximum atomic E-state index is 11.7. The molecule has 22 N–H and O–H groups in total. The van der Waals surface area contributed by atoms with Gasteiger partial charge in [-0.15, -0.1) is 0 Å². The highest BCUT2D eigenvalue weighted by Gasteiger charge is 2.58. The van der Waals surface area contributed by atoms with Crippen LogP contribution in [-0.2, 0) is 56.8 Å². The molecule has 22 aliphatic heterocycles. The van der Waals surface area contributed by atoms with Gasteiger partial charge in [0.1, 0.15) is 146 Å².